The van der Waals surface area contributed by atoms with Crippen LogP contribution in [0.5, 0.6) is 0 Å². The first kappa shape index (κ1) is 8.91. The molecule has 0 aromatic rings. The van der Waals surface area contributed by atoms with Crippen molar-refractivity contribution in [1.82, 2.24) is 0 Å². The van der Waals surface area contributed by atoms with Crippen molar-refractivity contribution in [3.63, 3.8) is 0 Å². The van der Waals surface area contributed by atoms with E-state index in [2.05, 4.69) is 0 Å². The van der Waals surface area contributed by atoms with Crippen molar-refractivity contribution in [2.24, 2.45) is 0 Å². The van der Waals surface area contributed by atoms with E-state index in [1.165, 1.54) is 0 Å². The molecular weight excluding hydrogens is 140 g/mol. The van der Waals surface area contributed by atoms with E-state index >= 15 is 0 Å². The highest BCUT2D eigenvalue weighted by Gasteiger charge is 2.02. The molecular formula is C5H12O3S. The summed E-state index contributed by atoms with van der Waals surface area (Å²) in [7, 11) is -2.94. The van der Waals surface area contributed by atoms with Crippen LogP contribution in [0.15, 0.2) is 0 Å². The summed E-state index contributed by atoms with van der Waals surface area (Å²) in [4.78, 5) is 0. The number of rotatable bonds is 3. The number of sulfone groups is 1. The van der Waals surface area contributed by atoms with Gasteiger partial charge in [-0.3, -0.25) is 0 Å². The Labute approximate surface area is 55.9 Å². The van der Waals surface area contributed by atoms with E-state index in [1.54, 1.807) is 13.8 Å². The van der Waals surface area contributed by atoms with Crippen LogP contribution in [0.3, 0.4) is 0 Å². The fraction of sp³-hybridized carbons (Fsp3) is 1.00. The Hall–Kier alpha value is -0.0900. The normalized spacial score (nSPS) is 12.4. The minimum Gasteiger partial charge on any atom is -0.363 e. The molecule has 0 radical (unpaired) electrons. The van der Waals surface area contributed by atoms with Crippen molar-refractivity contribution in [3.8, 4) is 0 Å². The molecule has 0 bridgehead atoms. The molecule has 0 atom stereocenters. The number of ether oxygens (including phenoxy) is 1. The van der Waals surface area contributed by atoms with Gasteiger partial charge in [0.15, 0.2) is 9.84 Å². The van der Waals surface area contributed by atoms with Crippen LogP contribution in [0.1, 0.15) is 13.8 Å². The standard InChI is InChI=1S/C5H12O3S/c1-5(2)8-4-9(3,6)7/h5H,4H2,1-3H3. The van der Waals surface area contributed by atoms with Crippen LogP contribution < -0.4 is 0 Å². The molecule has 0 unspecified atom stereocenters. The van der Waals surface area contributed by atoms with Gasteiger partial charge in [-0.1, -0.05) is 0 Å². The van der Waals surface area contributed by atoms with Crippen molar-refractivity contribution >= 4 is 9.84 Å². The van der Waals surface area contributed by atoms with Crippen molar-refractivity contribution in [2.45, 2.75) is 20.0 Å². The summed E-state index contributed by atoms with van der Waals surface area (Å²) in [6.07, 6.45) is 1.13. The quantitative estimate of drug-likeness (QED) is 0.588. The summed E-state index contributed by atoms with van der Waals surface area (Å²) in [6.45, 7) is 3.59. The molecule has 0 saturated heterocycles. The SMILES string of the molecule is CC(C)OCS(C)(=O)=O. The monoisotopic (exact) mass is 152 g/mol. The van der Waals surface area contributed by atoms with Crippen LogP contribution in [0, 0.1) is 0 Å². The molecule has 0 aromatic heterocycles. The Morgan fingerprint density at radius 2 is 1.89 bits per heavy atom. The molecule has 0 aliphatic rings. The van der Waals surface area contributed by atoms with Gasteiger partial charge < -0.3 is 4.74 Å². The molecule has 0 amide bonds. The Morgan fingerprint density at radius 1 is 1.44 bits per heavy atom. The van der Waals surface area contributed by atoms with Crippen molar-refractivity contribution in [1.29, 1.82) is 0 Å². The Morgan fingerprint density at radius 3 is 2.00 bits per heavy atom. The van der Waals surface area contributed by atoms with E-state index in [0.29, 0.717) is 0 Å². The molecule has 0 N–H and O–H groups in total. The molecule has 9 heavy (non-hydrogen) atoms. The summed E-state index contributed by atoms with van der Waals surface area (Å²) < 4.78 is 25.6. The van der Waals surface area contributed by atoms with Gasteiger partial charge in [0.05, 0.1) is 6.10 Å². The van der Waals surface area contributed by atoms with Gasteiger partial charge in [-0.15, -0.1) is 0 Å². The van der Waals surface area contributed by atoms with E-state index in [4.69, 9.17) is 4.74 Å². The third-order valence-electron chi connectivity index (χ3n) is 0.615. The molecule has 0 spiro atoms. The third kappa shape index (κ3) is 7.91. The van der Waals surface area contributed by atoms with Crippen molar-refractivity contribution in [2.75, 3.05) is 12.2 Å². The lowest BCUT2D eigenvalue weighted by Gasteiger charge is -2.03. The third-order valence-corrected chi connectivity index (χ3v) is 1.18. The van der Waals surface area contributed by atoms with Gasteiger partial charge in [0.25, 0.3) is 0 Å². The summed E-state index contributed by atoms with van der Waals surface area (Å²) >= 11 is 0. The minimum atomic E-state index is -2.94. The predicted octanol–water partition coefficient (Wildman–Crippen LogP) is 0.413. The fourth-order valence-corrected chi connectivity index (χ4v) is 0.779. The highest BCUT2D eigenvalue weighted by molar-refractivity contribution is 7.90. The second kappa shape index (κ2) is 3.17. The summed E-state index contributed by atoms with van der Waals surface area (Å²) in [5.41, 5.74) is 0. The molecule has 0 aliphatic carbocycles. The molecule has 0 saturated carbocycles. The first-order chi connectivity index (χ1) is 3.92. The van der Waals surface area contributed by atoms with Crippen LogP contribution in [0.25, 0.3) is 0 Å². The maximum Gasteiger partial charge on any atom is 0.171 e. The molecule has 0 aliphatic heterocycles. The van der Waals surface area contributed by atoms with E-state index in [1.807, 2.05) is 0 Å². The summed E-state index contributed by atoms with van der Waals surface area (Å²) in [6, 6.07) is 0. The maximum atomic E-state index is 10.4. The van der Waals surface area contributed by atoms with Gasteiger partial charge in [0, 0.05) is 6.26 Å². The molecule has 4 heteroatoms. The van der Waals surface area contributed by atoms with Gasteiger partial charge in [-0.05, 0) is 13.8 Å². The number of hydrogen-bond donors (Lipinski definition) is 0. The zero-order valence-electron chi connectivity index (χ0n) is 5.92. The van der Waals surface area contributed by atoms with E-state index in [9.17, 15) is 8.42 Å². The topological polar surface area (TPSA) is 43.4 Å². The Balaban J connectivity index is 3.53. The van der Waals surface area contributed by atoms with Gasteiger partial charge in [0.1, 0.15) is 5.94 Å². The largest absolute Gasteiger partial charge is 0.363 e. The molecule has 0 heterocycles. The van der Waals surface area contributed by atoms with Crippen LogP contribution in [0.4, 0.5) is 0 Å². The predicted molar refractivity (Wildman–Crippen MR) is 35.9 cm³/mol. The van der Waals surface area contributed by atoms with Gasteiger partial charge in [-0.2, -0.15) is 0 Å². The molecule has 3 nitrogen and oxygen atoms in total. The first-order valence-corrected chi connectivity index (χ1v) is 4.77. The van der Waals surface area contributed by atoms with Crippen LogP contribution in [0.2, 0.25) is 0 Å². The lowest BCUT2D eigenvalue weighted by atomic mass is 10.5. The lowest BCUT2D eigenvalue weighted by molar-refractivity contribution is 0.116. The zero-order valence-corrected chi connectivity index (χ0v) is 6.73. The van der Waals surface area contributed by atoms with Gasteiger partial charge in [-0.25, -0.2) is 8.42 Å². The maximum absolute atomic E-state index is 10.4. The second-order valence-corrected chi connectivity index (χ2v) is 4.35. The van der Waals surface area contributed by atoms with Crippen LogP contribution >= 0.6 is 0 Å². The summed E-state index contributed by atoms with van der Waals surface area (Å²) in [5.74, 6) is -0.176. The van der Waals surface area contributed by atoms with Crippen molar-refractivity contribution < 1.29 is 13.2 Å². The van der Waals surface area contributed by atoms with Gasteiger partial charge in [0.2, 0.25) is 0 Å². The van der Waals surface area contributed by atoms with Gasteiger partial charge >= 0.3 is 0 Å². The molecule has 0 aromatic carbocycles. The average molecular weight is 152 g/mol. The fourth-order valence-electron chi connectivity index (χ4n) is 0.260. The highest BCUT2D eigenvalue weighted by Crippen LogP contribution is 1.90. The molecule has 56 valence electrons. The van der Waals surface area contributed by atoms with Crippen molar-refractivity contribution in [3.05, 3.63) is 0 Å². The lowest BCUT2D eigenvalue weighted by Crippen LogP contribution is -2.11. The molecule has 0 rings (SSSR count). The number of hydrogen-bond acceptors (Lipinski definition) is 3. The van der Waals surface area contributed by atoms with Crippen LogP contribution in [-0.2, 0) is 14.6 Å². The molecule has 0 fully saturated rings. The highest BCUT2D eigenvalue weighted by atomic mass is 32.2. The Kier molecular flexibility index (Phi) is 3.14. The summed E-state index contributed by atoms with van der Waals surface area (Å²) in [5, 5.41) is 0. The average Bonchev–Trinajstić information content (AvgIpc) is 1.59. The first-order valence-electron chi connectivity index (χ1n) is 2.71. The Bertz CT molecular complexity index is 157. The van der Waals surface area contributed by atoms with Crippen LogP contribution in [-0.4, -0.2) is 26.7 Å². The van der Waals surface area contributed by atoms with E-state index < -0.39 is 9.84 Å². The minimum absolute atomic E-state index is 0.0141. The second-order valence-electron chi connectivity index (χ2n) is 2.26. The zero-order chi connectivity index (χ0) is 7.49. The van der Waals surface area contributed by atoms with E-state index in [-0.39, 0.29) is 12.0 Å². The smallest absolute Gasteiger partial charge is 0.171 e. The van der Waals surface area contributed by atoms with E-state index in [0.717, 1.165) is 6.26 Å².